The summed E-state index contributed by atoms with van der Waals surface area (Å²) in [5.41, 5.74) is 2.52. The Bertz CT molecular complexity index is 593. The molecule has 0 heterocycles. The smallest absolute Gasteiger partial charge is 0.120 e. The molecule has 1 atom stereocenters. The predicted molar refractivity (Wildman–Crippen MR) is 96.4 cm³/mol. The molecular formula is C18H20Br2O. The Balaban J connectivity index is 2.33. The Labute approximate surface area is 144 Å². The summed E-state index contributed by atoms with van der Waals surface area (Å²) in [6.45, 7) is 7.18. The van der Waals surface area contributed by atoms with Gasteiger partial charge in [-0.1, -0.05) is 82.1 Å². The van der Waals surface area contributed by atoms with Crippen LogP contribution in [0.3, 0.4) is 0 Å². The van der Waals surface area contributed by atoms with E-state index >= 15 is 0 Å². The number of halogens is 2. The lowest BCUT2D eigenvalue weighted by Crippen LogP contribution is -2.23. The normalized spacial score (nSPS) is 13.0. The zero-order valence-electron chi connectivity index (χ0n) is 12.6. The van der Waals surface area contributed by atoms with Crippen molar-refractivity contribution in [3.8, 4) is 5.75 Å². The van der Waals surface area contributed by atoms with E-state index in [9.17, 15) is 0 Å². The van der Waals surface area contributed by atoms with Crippen LogP contribution < -0.4 is 4.74 Å². The summed E-state index contributed by atoms with van der Waals surface area (Å²) in [5, 5.41) is 0. The molecule has 0 saturated heterocycles. The predicted octanol–water partition coefficient (Wildman–Crippen LogP) is 6.26. The fourth-order valence-corrected chi connectivity index (χ4v) is 3.93. The highest BCUT2D eigenvalue weighted by Crippen LogP contribution is 2.45. The van der Waals surface area contributed by atoms with Crippen LogP contribution in [-0.4, -0.2) is 6.61 Å². The van der Waals surface area contributed by atoms with Gasteiger partial charge in [-0.25, -0.2) is 0 Å². The standard InChI is InChI=1S/C18H20Br2O/c1-4-21-14-10-11-15(16(19)12-14)17(20)18(2,3)13-8-6-5-7-9-13/h5-12,17H,4H2,1-3H3. The largest absolute Gasteiger partial charge is 0.494 e. The third kappa shape index (κ3) is 3.70. The number of hydrogen-bond acceptors (Lipinski definition) is 1. The molecule has 0 aliphatic carbocycles. The maximum Gasteiger partial charge on any atom is 0.120 e. The molecule has 0 radical (unpaired) electrons. The molecule has 1 unspecified atom stereocenters. The second kappa shape index (κ2) is 6.97. The van der Waals surface area contributed by atoms with Crippen molar-refractivity contribution in [3.05, 3.63) is 64.1 Å². The van der Waals surface area contributed by atoms with Gasteiger partial charge in [0.25, 0.3) is 0 Å². The second-order valence-electron chi connectivity index (χ2n) is 5.57. The lowest BCUT2D eigenvalue weighted by atomic mass is 9.79. The molecule has 0 aliphatic heterocycles. The average molecular weight is 412 g/mol. The molecular weight excluding hydrogens is 392 g/mol. The van der Waals surface area contributed by atoms with Gasteiger partial charge >= 0.3 is 0 Å². The van der Waals surface area contributed by atoms with E-state index in [0.717, 1.165) is 10.2 Å². The van der Waals surface area contributed by atoms with Gasteiger partial charge in [-0.05, 0) is 30.2 Å². The Kier molecular flexibility index (Phi) is 5.50. The van der Waals surface area contributed by atoms with Gasteiger partial charge in [0.15, 0.2) is 0 Å². The first-order chi connectivity index (χ1) is 9.96. The van der Waals surface area contributed by atoms with Crippen molar-refractivity contribution < 1.29 is 4.74 Å². The molecule has 0 aliphatic rings. The van der Waals surface area contributed by atoms with Crippen LogP contribution in [0.1, 0.15) is 36.7 Å². The van der Waals surface area contributed by atoms with E-state index in [2.05, 4.69) is 82.1 Å². The summed E-state index contributed by atoms with van der Waals surface area (Å²) >= 11 is 7.56. The van der Waals surface area contributed by atoms with Crippen LogP contribution in [-0.2, 0) is 5.41 Å². The van der Waals surface area contributed by atoms with Gasteiger partial charge < -0.3 is 4.74 Å². The van der Waals surface area contributed by atoms with Crippen LogP contribution in [0, 0.1) is 0 Å². The van der Waals surface area contributed by atoms with Crippen LogP contribution in [0.5, 0.6) is 5.75 Å². The lowest BCUT2D eigenvalue weighted by molar-refractivity contribution is 0.340. The van der Waals surface area contributed by atoms with Gasteiger partial charge in [0.2, 0.25) is 0 Å². The third-order valence-corrected chi connectivity index (χ3v) is 6.03. The van der Waals surface area contributed by atoms with E-state index in [1.165, 1.54) is 11.1 Å². The first kappa shape index (κ1) is 16.6. The van der Waals surface area contributed by atoms with Crippen LogP contribution >= 0.6 is 31.9 Å². The molecule has 0 fully saturated rings. The van der Waals surface area contributed by atoms with Crippen LogP contribution in [0.15, 0.2) is 53.0 Å². The molecule has 0 aromatic heterocycles. The van der Waals surface area contributed by atoms with Crippen molar-refractivity contribution in [1.29, 1.82) is 0 Å². The summed E-state index contributed by atoms with van der Waals surface area (Å²) in [7, 11) is 0. The zero-order valence-corrected chi connectivity index (χ0v) is 15.7. The van der Waals surface area contributed by atoms with Crippen molar-refractivity contribution in [3.63, 3.8) is 0 Å². The van der Waals surface area contributed by atoms with Crippen LogP contribution in [0.25, 0.3) is 0 Å². The molecule has 112 valence electrons. The third-order valence-electron chi connectivity index (χ3n) is 3.71. The Morgan fingerprint density at radius 2 is 1.76 bits per heavy atom. The molecule has 0 spiro atoms. The maximum absolute atomic E-state index is 5.55. The minimum Gasteiger partial charge on any atom is -0.494 e. The topological polar surface area (TPSA) is 9.23 Å². The highest BCUT2D eigenvalue weighted by molar-refractivity contribution is 9.11. The lowest BCUT2D eigenvalue weighted by Gasteiger charge is -2.32. The first-order valence-electron chi connectivity index (χ1n) is 7.08. The van der Waals surface area contributed by atoms with Gasteiger partial charge in [0, 0.05) is 14.7 Å². The van der Waals surface area contributed by atoms with Gasteiger partial charge in [0.05, 0.1) is 6.61 Å². The monoisotopic (exact) mass is 410 g/mol. The Morgan fingerprint density at radius 1 is 1.10 bits per heavy atom. The number of ether oxygens (including phenoxy) is 1. The van der Waals surface area contributed by atoms with E-state index in [1.54, 1.807) is 0 Å². The second-order valence-corrected chi connectivity index (χ2v) is 7.34. The van der Waals surface area contributed by atoms with Crippen LogP contribution in [0.2, 0.25) is 0 Å². The van der Waals surface area contributed by atoms with Crippen molar-refractivity contribution in [2.75, 3.05) is 6.61 Å². The first-order valence-corrected chi connectivity index (χ1v) is 8.79. The van der Waals surface area contributed by atoms with Gasteiger partial charge in [0.1, 0.15) is 5.75 Å². The molecule has 0 amide bonds. The van der Waals surface area contributed by atoms with Gasteiger partial charge in [-0.3, -0.25) is 0 Å². The molecule has 2 aromatic rings. The molecule has 0 bridgehead atoms. The van der Waals surface area contributed by atoms with Crippen molar-refractivity contribution in [2.24, 2.45) is 0 Å². The fraction of sp³-hybridized carbons (Fsp3) is 0.333. The van der Waals surface area contributed by atoms with Crippen molar-refractivity contribution >= 4 is 31.9 Å². The molecule has 3 heteroatoms. The number of rotatable bonds is 5. The summed E-state index contributed by atoms with van der Waals surface area (Å²) in [6.07, 6.45) is 0. The van der Waals surface area contributed by atoms with Gasteiger partial charge in [-0.2, -0.15) is 0 Å². The quantitative estimate of drug-likeness (QED) is 0.527. The highest BCUT2D eigenvalue weighted by atomic mass is 79.9. The molecule has 0 saturated carbocycles. The van der Waals surface area contributed by atoms with Crippen LogP contribution in [0.4, 0.5) is 0 Å². The number of alkyl halides is 1. The molecule has 2 aromatic carbocycles. The zero-order chi connectivity index (χ0) is 15.5. The Morgan fingerprint density at radius 3 is 2.33 bits per heavy atom. The van der Waals surface area contributed by atoms with E-state index in [-0.39, 0.29) is 10.2 Å². The van der Waals surface area contributed by atoms with E-state index in [4.69, 9.17) is 4.74 Å². The molecule has 1 nitrogen and oxygen atoms in total. The number of hydrogen-bond donors (Lipinski definition) is 0. The Hall–Kier alpha value is -0.800. The fourth-order valence-electron chi connectivity index (χ4n) is 2.37. The average Bonchev–Trinajstić information content (AvgIpc) is 2.48. The van der Waals surface area contributed by atoms with E-state index in [1.807, 2.05) is 19.1 Å². The highest BCUT2D eigenvalue weighted by Gasteiger charge is 2.31. The minimum atomic E-state index is -0.0170. The summed E-state index contributed by atoms with van der Waals surface area (Å²) in [6, 6.07) is 16.8. The van der Waals surface area contributed by atoms with Crippen molar-refractivity contribution in [1.82, 2.24) is 0 Å². The summed E-state index contributed by atoms with van der Waals surface area (Å²) < 4.78 is 6.62. The summed E-state index contributed by atoms with van der Waals surface area (Å²) in [4.78, 5) is 0.206. The molecule has 2 rings (SSSR count). The van der Waals surface area contributed by atoms with E-state index in [0.29, 0.717) is 6.61 Å². The minimum absolute atomic E-state index is 0.0170. The summed E-state index contributed by atoms with van der Waals surface area (Å²) in [5.74, 6) is 0.894. The maximum atomic E-state index is 5.55. The SMILES string of the molecule is CCOc1ccc(C(Br)C(C)(C)c2ccccc2)c(Br)c1. The van der Waals surface area contributed by atoms with E-state index < -0.39 is 0 Å². The number of benzene rings is 2. The molecule has 21 heavy (non-hydrogen) atoms. The van der Waals surface area contributed by atoms with Crippen molar-refractivity contribution in [2.45, 2.75) is 31.0 Å². The molecule has 0 N–H and O–H groups in total. The van der Waals surface area contributed by atoms with Gasteiger partial charge in [-0.15, -0.1) is 0 Å².